The average molecular weight is 230 g/mol. The molecule has 0 saturated carbocycles. The summed E-state index contributed by atoms with van der Waals surface area (Å²) in [6.45, 7) is 1.97. The fourth-order valence-electron chi connectivity index (χ4n) is 1.62. The molecule has 0 atom stereocenters. The SMILES string of the molecule is Cc1ccccc1C(=S)c1ccccc1F. The maximum Gasteiger partial charge on any atom is 0.131 e. The van der Waals surface area contributed by atoms with E-state index in [-0.39, 0.29) is 5.82 Å². The molecule has 2 aromatic rings. The molecule has 0 aliphatic rings. The van der Waals surface area contributed by atoms with Gasteiger partial charge in [0.2, 0.25) is 0 Å². The van der Waals surface area contributed by atoms with Crippen molar-refractivity contribution in [1.29, 1.82) is 0 Å². The van der Waals surface area contributed by atoms with E-state index in [0.717, 1.165) is 11.1 Å². The van der Waals surface area contributed by atoms with Crippen LogP contribution in [-0.4, -0.2) is 4.86 Å². The molecule has 0 aliphatic heterocycles. The summed E-state index contributed by atoms with van der Waals surface area (Å²) in [7, 11) is 0. The van der Waals surface area contributed by atoms with Crippen molar-refractivity contribution in [2.45, 2.75) is 6.92 Å². The highest BCUT2D eigenvalue weighted by atomic mass is 32.1. The first-order chi connectivity index (χ1) is 7.70. The van der Waals surface area contributed by atoms with E-state index in [2.05, 4.69) is 0 Å². The summed E-state index contributed by atoms with van der Waals surface area (Å²) in [5, 5.41) is 0. The van der Waals surface area contributed by atoms with Crippen molar-refractivity contribution >= 4 is 17.1 Å². The van der Waals surface area contributed by atoms with E-state index in [9.17, 15) is 4.39 Å². The third kappa shape index (κ3) is 2.02. The molecule has 16 heavy (non-hydrogen) atoms. The largest absolute Gasteiger partial charge is 0.206 e. The summed E-state index contributed by atoms with van der Waals surface area (Å²) in [6.07, 6.45) is 0. The van der Waals surface area contributed by atoms with E-state index in [1.165, 1.54) is 6.07 Å². The van der Waals surface area contributed by atoms with Gasteiger partial charge in [-0.15, -0.1) is 0 Å². The molecule has 0 aliphatic carbocycles. The molecule has 0 spiro atoms. The summed E-state index contributed by atoms with van der Waals surface area (Å²) >= 11 is 5.32. The number of hydrogen-bond acceptors (Lipinski definition) is 1. The normalized spacial score (nSPS) is 10.1. The van der Waals surface area contributed by atoms with Gasteiger partial charge in [0.1, 0.15) is 5.82 Å². The second-order valence-corrected chi connectivity index (χ2v) is 4.03. The van der Waals surface area contributed by atoms with Gasteiger partial charge >= 0.3 is 0 Å². The first-order valence-corrected chi connectivity index (χ1v) is 5.46. The van der Waals surface area contributed by atoms with Crippen LogP contribution in [0.5, 0.6) is 0 Å². The zero-order chi connectivity index (χ0) is 11.5. The minimum Gasteiger partial charge on any atom is -0.206 e. The van der Waals surface area contributed by atoms with Crippen molar-refractivity contribution in [3.63, 3.8) is 0 Å². The van der Waals surface area contributed by atoms with Crippen molar-refractivity contribution in [2.24, 2.45) is 0 Å². The summed E-state index contributed by atoms with van der Waals surface area (Å²) in [5.41, 5.74) is 2.48. The third-order valence-corrected chi connectivity index (χ3v) is 2.95. The first kappa shape index (κ1) is 11.0. The van der Waals surface area contributed by atoms with Crippen LogP contribution >= 0.6 is 12.2 Å². The molecule has 2 heteroatoms. The maximum atomic E-state index is 13.6. The molecular weight excluding hydrogens is 219 g/mol. The lowest BCUT2D eigenvalue weighted by Gasteiger charge is -2.08. The van der Waals surface area contributed by atoms with E-state index < -0.39 is 0 Å². The van der Waals surface area contributed by atoms with E-state index in [4.69, 9.17) is 12.2 Å². The molecule has 2 aromatic carbocycles. The van der Waals surface area contributed by atoms with Gasteiger partial charge < -0.3 is 0 Å². The minimum atomic E-state index is -0.268. The van der Waals surface area contributed by atoms with Gasteiger partial charge in [0, 0.05) is 5.56 Å². The average Bonchev–Trinajstić information content (AvgIpc) is 2.29. The van der Waals surface area contributed by atoms with Gasteiger partial charge in [-0.05, 0) is 24.1 Å². The molecule has 0 unspecified atom stereocenters. The molecule has 0 fully saturated rings. The van der Waals surface area contributed by atoms with Gasteiger partial charge in [-0.3, -0.25) is 0 Å². The number of hydrogen-bond donors (Lipinski definition) is 0. The lowest BCUT2D eigenvalue weighted by Crippen LogP contribution is -2.04. The smallest absolute Gasteiger partial charge is 0.131 e. The Balaban J connectivity index is 2.48. The molecular formula is C14H11FS. The maximum absolute atomic E-state index is 13.6. The molecule has 0 radical (unpaired) electrons. The summed E-state index contributed by atoms with van der Waals surface area (Å²) in [4.78, 5) is 0.566. The van der Waals surface area contributed by atoms with Crippen LogP contribution in [0.4, 0.5) is 4.39 Å². The Hall–Kier alpha value is -1.54. The van der Waals surface area contributed by atoms with Crippen molar-refractivity contribution in [3.05, 3.63) is 71.0 Å². The second kappa shape index (κ2) is 4.54. The van der Waals surface area contributed by atoms with Crippen LogP contribution in [0.15, 0.2) is 48.5 Å². The van der Waals surface area contributed by atoms with E-state index in [0.29, 0.717) is 10.4 Å². The summed E-state index contributed by atoms with van der Waals surface area (Å²) in [5.74, 6) is -0.268. The third-order valence-electron chi connectivity index (χ3n) is 2.51. The molecule has 0 N–H and O–H groups in total. The highest BCUT2D eigenvalue weighted by molar-refractivity contribution is 7.81. The molecule has 0 saturated heterocycles. The fraction of sp³-hybridized carbons (Fsp3) is 0.0714. The lowest BCUT2D eigenvalue weighted by molar-refractivity contribution is 0.626. The number of halogens is 1. The van der Waals surface area contributed by atoms with Crippen molar-refractivity contribution < 1.29 is 4.39 Å². The highest BCUT2D eigenvalue weighted by Crippen LogP contribution is 2.17. The zero-order valence-corrected chi connectivity index (χ0v) is 9.72. The van der Waals surface area contributed by atoms with Gasteiger partial charge in [0.05, 0.1) is 4.86 Å². The van der Waals surface area contributed by atoms with Crippen LogP contribution in [0.25, 0.3) is 0 Å². The van der Waals surface area contributed by atoms with Crippen LogP contribution in [0.2, 0.25) is 0 Å². The molecule has 80 valence electrons. The van der Waals surface area contributed by atoms with Crippen molar-refractivity contribution in [2.75, 3.05) is 0 Å². The Morgan fingerprint density at radius 1 is 0.938 bits per heavy atom. The number of thiocarbonyl (C=S) groups is 1. The van der Waals surface area contributed by atoms with E-state index in [1.54, 1.807) is 18.2 Å². The van der Waals surface area contributed by atoms with Gasteiger partial charge in [0.25, 0.3) is 0 Å². The van der Waals surface area contributed by atoms with Crippen molar-refractivity contribution in [1.82, 2.24) is 0 Å². The minimum absolute atomic E-state index is 0.268. The highest BCUT2D eigenvalue weighted by Gasteiger charge is 2.10. The Morgan fingerprint density at radius 3 is 2.12 bits per heavy atom. The Morgan fingerprint density at radius 2 is 1.50 bits per heavy atom. The molecule has 0 heterocycles. The van der Waals surface area contributed by atoms with Gasteiger partial charge in [-0.25, -0.2) is 4.39 Å². The molecule has 2 rings (SSSR count). The van der Waals surface area contributed by atoms with Gasteiger partial charge in [-0.2, -0.15) is 0 Å². The number of rotatable bonds is 2. The van der Waals surface area contributed by atoms with Crippen LogP contribution < -0.4 is 0 Å². The molecule has 0 nitrogen and oxygen atoms in total. The van der Waals surface area contributed by atoms with Crippen LogP contribution in [0.1, 0.15) is 16.7 Å². The topological polar surface area (TPSA) is 0 Å². The first-order valence-electron chi connectivity index (χ1n) is 5.05. The lowest BCUT2D eigenvalue weighted by atomic mass is 10.00. The number of benzene rings is 2. The summed E-state index contributed by atoms with van der Waals surface area (Å²) < 4.78 is 13.6. The fourth-order valence-corrected chi connectivity index (χ4v) is 2.01. The Labute approximate surface area is 99.7 Å². The monoisotopic (exact) mass is 230 g/mol. The number of aryl methyl sites for hydroxylation is 1. The predicted molar refractivity (Wildman–Crippen MR) is 68.4 cm³/mol. The Bertz CT molecular complexity index is 484. The Kier molecular flexibility index (Phi) is 3.11. The quantitative estimate of drug-likeness (QED) is 0.557. The zero-order valence-electron chi connectivity index (χ0n) is 8.91. The van der Waals surface area contributed by atoms with Crippen LogP contribution in [0, 0.1) is 12.7 Å². The molecule has 0 amide bonds. The summed E-state index contributed by atoms with van der Waals surface area (Å²) in [6, 6.07) is 14.4. The van der Waals surface area contributed by atoms with Crippen LogP contribution in [0.3, 0.4) is 0 Å². The predicted octanol–water partition coefficient (Wildman–Crippen LogP) is 3.90. The van der Waals surface area contributed by atoms with Crippen molar-refractivity contribution in [3.8, 4) is 0 Å². The van der Waals surface area contributed by atoms with Gasteiger partial charge in [-0.1, -0.05) is 54.7 Å². The molecule has 0 bridgehead atoms. The van der Waals surface area contributed by atoms with Gasteiger partial charge in [0.15, 0.2) is 0 Å². The molecule has 0 aromatic heterocycles. The van der Waals surface area contributed by atoms with E-state index in [1.807, 2.05) is 31.2 Å². The van der Waals surface area contributed by atoms with Crippen LogP contribution in [-0.2, 0) is 0 Å². The second-order valence-electron chi connectivity index (χ2n) is 3.62. The van der Waals surface area contributed by atoms with E-state index >= 15 is 0 Å². The standard InChI is InChI=1S/C14H11FS/c1-10-6-2-3-7-11(10)14(16)12-8-4-5-9-13(12)15/h2-9H,1H3.